The average molecular weight is 564 g/mol. The Hall–Kier alpha value is -2.95. The highest BCUT2D eigenvalue weighted by Crippen LogP contribution is 2.24. The van der Waals surface area contributed by atoms with E-state index in [0.717, 1.165) is 34.0 Å². The summed E-state index contributed by atoms with van der Waals surface area (Å²) >= 11 is 0. The fourth-order valence-electron chi connectivity index (χ4n) is 4.95. The Kier molecular flexibility index (Phi) is 11.9. The molecule has 0 heterocycles. The van der Waals surface area contributed by atoms with Gasteiger partial charge in [0.2, 0.25) is 0 Å². The SMILES string of the molecule is C[N+](C)(Cc1ccccc1)c1ccc(CCC(=O)Cc2ccc([N+](C)(C)Cc3ccccc3)cc2)cc1.[Cl-].[Cl-]. The van der Waals surface area contributed by atoms with E-state index in [0.29, 0.717) is 12.8 Å². The third kappa shape index (κ3) is 9.33. The van der Waals surface area contributed by atoms with E-state index in [9.17, 15) is 4.79 Å². The minimum atomic E-state index is 0. The van der Waals surface area contributed by atoms with Crippen LogP contribution >= 0.6 is 0 Å². The van der Waals surface area contributed by atoms with Crippen molar-refractivity contribution >= 4 is 17.2 Å². The Morgan fingerprint density at radius 1 is 0.513 bits per heavy atom. The Bertz CT molecular complexity index is 1290. The maximum absolute atomic E-state index is 12.7. The molecule has 4 aromatic rings. The lowest BCUT2D eigenvalue weighted by molar-refractivity contribution is -0.118. The Labute approximate surface area is 247 Å². The number of Topliss-reactive ketones (excluding diaryl/α,β-unsaturated/α-hetero) is 1. The van der Waals surface area contributed by atoms with Gasteiger partial charge < -0.3 is 24.8 Å². The van der Waals surface area contributed by atoms with Gasteiger partial charge in [0.1, 0.15) is 30.2 Å². The van der Waals surface area contributed by atoms with Crippen LogP contribution < -0.4 is 33.8 Å². The molecule has 0 unspecified atom stereocenters. The van der Waals surface area contributed by atoms with Crippen molar-refractivity contribution in [3.63, 3.8) is 0 Å². The predicted molar refractivity (Wildman–Crippen MR) is 157 cm³/mol. The molecule has 0 fully saturated rings. The second-order valence-electron chi connectivity index (χ2n) is 11.2. The van der Waals surface area contributed by atoms with Gasteiger partial charge in [-0.1, -0.05) is 84.9 Å². The zero-order valence-corrected chi connectivity index (χ0v) is 25.0. The number of nitrogens with zero attached hydrogens (tertiary/aromatic N) is 2. The summed E-state index contributed by atoms with van der Waals surface area (Å²) in [7, 11) is 8.91. The zero-order chi connectivity index (χ0) is 26.3. The molecule has 4 rings (SSSR count). The third-order valence-corrected chi connectivity index (χ3v) is 7.21. The first kappa shape index (κ1) is 32.3. The van der Waals surface area contributed by atoms with Crippen molar-refractivity contribution in [1.29, 1.82) is 0 Å². The summed E-state index contributed by atoms with van der Waals surface area (Å²) in [6, 6.07) is 38.5. The Balaban J connectivity index is 0.00000267. The number of quaternary nitrogens is 2. The zero-order valence-electron chi connectivity index (χ0n) is 23.5. The van der Waals surface area contributed by atoms with Crippen molar-refractivity contribution in [1.82, 2.24) is 8.97 Å². The molecule has 5 heteroatoms. The van der Waals surface area contributed by atoms with E-state index >= 15 is 0 Å². The molecule has 3 nitrogen and oxygen atoms in total. The van der Waals surface area contributed by atoms with Crippen LogP contribution in [0.2, 0.25) is 0 Å². The topological polar surface area (TPSA) is 17.1 Å². The number of halogens is 2. The predicted octanol–water partition coefficient (Wildman–Crippen LogP) is 0.973. The van der Waals surface area contributed by atoms with E-state index in [4.69, 9.17) is 0 Å². The van der Waals surface area contributed by atoms with E-state index in [-0.39, 0.29) is 30.6 Å². The van der Waals surface area contributed by atoms with E-state index in [2.05, 4.69) is 137 Å². The van der Waals surface area contributed by atoms with Gasteiger partial charge in [0.25, 0.3) is 0 Å². The molecule has 0 bridgehead atoms. The summed E-state index contributed by atoms with van der Waals surface area (Å²) in [6.45, 7) is 1.88. The second-order valence-corrected chi connectivity index (χ2v) is 11.2. The van der Waals surface area contributed by atoms with Gasteiger partial charge in [-0.25, -0.2) is 0 Å². The number of carbonyl (C=O) groups is 1. The first-order valence-corrected chi connectivity index (χ1v) is 13.2. The molecule has 0 aliphatic heterocycles. The number of ketones is 1. The number of aryl methyl sites for hydroxylation is 1. The molecule has 0 saturated heterocycles. The summed E-state index contributed by atoms with van der Waals surface area (Å²) in [5, 5.41) is 0. The number of hydrogen-bond donors (Lipinski definition) is 0. The van der Waals surface area contributed by atoms with Crippen LogP contribution in [0.5, 0.6) is 0 Å². The summed E-state index contributed by atoms with van der Waals surface area (Å²) in [5.41, 5.74) is 7.46. The summed E-state index contributed by atoms with van der Waals surface area (Å²) < 4.78 is 1.56. The Morgan fingerprint density at radius 2 is 0.897 bits per heavy atom. The normalized spacial score (nSPS) is 11.3. The molecule has 0 atom stereocenters. The molecule has 4 aromatic carbocycles. The average Bonchev–Trinajstić information content (AvgIpc) is 2.89. The van der Waals surface area contributed by atoms with Crippen molar-refractivity contribution in [3.05, 3.63) is 131 Å². The van der Waals surface area contributed by atoms with Crippen LogP contribution in [0.3, 0.4) is 0 Å². The smallest absolute Gasteiger partial charge is 0.137 e. The van der Waals surface area contributed by atoms with E-state index in [1.165, 1.54) is 28.1 Å². The maximum Gasteiger partial charge on any atom is 0.137 e. The van der Waals surface area contributed by atoms with Crippen molar-refractivity contribution < 1.29 is 29.6 Å². The van der Waals surface area contributed by atoms with E-state index < -0.39 is 0 Å². The lowest BCUT2D eigenvalue weighted by atomic mass is 10.0. The first-order chi connectivity index (χ1) is 17.7. The molecule has 0 amide bonds. The molecule has 0 aliphatic rings. The van der Waals surface area contributed by atoms with Crippen molar-refractivity contribution in [2.24, 2.45) is 0 Å². The fourth-order valence-corrected chi connectivity index (χ4v) is 4.95. The molecule has 0 spiro atoms. The molecule has 39 heavy (non-hydrogen) atoms. The highest BCUT2D eigenvalue weighted by atomic mass is 35.5. The van der Waals surface area contributed by atoms with Crippen molar-refractivity contribution in [2.45, 2.75) is 32.4 Å². The summed E-state index contributed by atoms with van der Waals surface area (Å²) in [4.78, 5) is 12.7. The van der Waals surface area contributed by atoms with Crippen LogP contribution in [-0.4, -0.2) is 34.0 Å². The molecule has 0 saturated carbocycles. The number of carbonyl (C=O) groups excluding carboxylic acids is 1. The van der Waals surface area contributed by atoms with Gasteiger partial charge in [-0.05, 0) is 41.8 Å². The molecule has 206 valence electrons. The number of rotatable bonds is 11. The van der Waals surface area contributed by atoms with E-state index in [1.54, 1.807) is 0 Å². The number of benzene rings is 4. The lowest BCUT2D eigenvalue weighted by Crippen LogP contribution is -3.00. The van der Waals surface area contributed by atoms with Gasteiger partial charge in [-0.3, -0.25) is 13.8 Å². The highest BCUT2D eigenvalue weighted by molar-refractivity contribution is 5.81. The summed E-state index contributed by atoms with van der Waals surface area (Å²) in [6.07, 6.45) is 1.84. The molecular formula is C34H40Cl2N2O. The summed E-state index contributed by atoms with van der Waals surface area (Å²) in [5.74, 6) is 0.287. The molecule has 0 aromatic heterocycles. The standard InChI is InChI=1S/C34H40N2O.2ClH/c1-35(2,26-30-11-7-5-8-12-30)32-20-15-28(16-21-32)19-24-34(37)25-29-17-22-33(23-18-29)36(3,4)27-31-13-9-6-10-14-31;;/h5-18,20-23H,19,24-27H2,1-4H3;2*1H/q+2;;/p-2. The fraction of sp³-hybridized carbons (Fsp3) is 0.265. The van der Waals surface area contributed by atoms with Gasteiger partial charge in [-0.15, -0.1) is 0 Å². The second kappa shape index (κ2) is 14.4. The van der Waals surface area contributed by atoms with Gasteiger partial charge in [0.15, 0.2) is 0 Å². The lowest BCUT2D eigenvalue weighted by Gasteiger charge is -2.29. The van der Waals surface area contributed by atoms with Crippen LogP contribution in [0.25, 0.3) is 0 Å². The molecular weight excluding hydrogens is 523 g/mol. The quantitative estimate of drug-likeness (QED) is 0.249. The highest BCUT2D eigenvalue weighted by Gasteiger charge is 2.21. The monoisotopic (exact) mass is 562 g/mol. The van der Waals surface area contributed by atoms with E-state index in [1.807, 2.05) is 0 Å². The molecule has 0 aliphatic carbocycles. The van der Waals surface area contributed by atoms with Gasteiger partial charge in [0.05, 0.1) is 28.2 Å². The van der Waals surface area contributed by atoms with Gasteiger partial charge in [-0.2, -0.15) is 0 Å². The van der Waals surface area contributed by atoms with Gasteiger partial charge >= 0.3 is 0 Å². The van der Waals surface area contributed by atoms with Crippen molar-refractivity contribution in [3.8, 4) is 0 Å². The largest absolute Gasteiger partial charge is 1.00 e. The van der Waals surface area contributed by atoms with Crippen molar-refractivity contribution in [2.75, 3.05) is 28.2 Å². The minimum absolute atomic E-state index is 0. The van der Waals surface area contributed by atoms with Gasteiger partial charge in [0, 0.05) is 24.0 Å². The molecule has 0 N–H and O–H groups in total. The number of hydrogen-bond acceptors (Lipinski definition) is 1. The van der Waals surface area contributed by atoms with Crippen LogP contribution in [-0.2, 0) is 30.7 Å². The van der Waals surface area contributed by atoms with Crippen LogP contribution in [0.1, 0.15) is 28.7 Å². The third-order valence-electron chi connectivity index (χ3n) is 7.21. The Morgan fingerprint density at radius 3 is 1.31 bits per heavy atom. The van der Waals surface area contributed by atoms with Crippen LogP contribution in [0, 0.1) is 0 Å². The first-order valence-electron chi connectivity index (χ1n) is 13.2. The maximum atomic E-state index is 12.7. The van der Waals surface area contributed by atoms with Crippen LogP contribution in [0.15, 0.2) is 109 Å². The van der Waals surface area contributed by atoms with Crippen LogP contribution in [0.4, 0.5) is 11.4 Å². The minimum Gasteiger partial charge on any atom is -1.00 e. The molecule has 0 radical (unpaired) electrons.